The molecule has 2 N–H and O–H groups in total. The van der Waals surface area contributed by atoms with Crippen molar-refractivity contribution in [2.75, 3.05) is 19.0 Å². The van der Waals surface area contributed by atoms with Gasteiger partial charge in [0.2, 0.25) is 0 Å². The molecule has 35 heavy (non-hydrogen) atoms. The van der Waals surface area contributed by atoms with Crippen molar-refractivity contribution < 1.29 is 19.4 Å². The first-order valence-electron chi connectivity index (χ1n) is 11.8. The van der Waals surface area contributed by atoms with Crippen LogP contribution in [0.5, 0.6) is 11.5 Å². The quantitative estimate of drug-likeness (QED) is 0.330. The maximum Gasteiger partial charge on any atom is 0.339 e. The molecule has 0 unspecified atom stereocenters. The molecule has 1 aliphatic carbocycles. The van der Waals surface area contributed by atoms with Gasteiger partial charge in [-0.15, -0.1) is 0 Å². The van der Waals surface area contributed by atoms with E-state index >= 15 is 0 Å². The zero-order valence-electron chi connectivity index (χ0n) is 19.5. The highest BCUT2D eigenvalue weighted by atomic mass is 16.5. The number of hydrogen-bond donors (Lipinski definition) is 2. The van der Waals surface area contributed by atoms with E-state index in [1.54, 1.807) is 25.3 Å². The van der Waals surface area contributed by atoms with Crippen LogP contribution in [-0.4, -0.2) is 40.8 Å². The van der Waals surface area contributed by atoms with E-state index in [0.29, 0.717) is 23.8 Å². The summed E-state index contributed by atoms with van der Waals surface area (Å²) < 4.78 is 11.6. The molecule has 1 heterocycles. The lowest BCUT2D eigenvalue weighted by atomic mass is 9.96. The number of nitrogens with one attached hydrogen (secondary N) is 1. The van der Waals surface area contributed by atoms with Crippen molar-refractivity contribution >= 4 is 22.6 Å². The highest BCUT2D eigenvalue weighted by Gasteiger charge is 2.22. The molecule has 3 aromatic carbocycles. The number of fused-ring (bicyclic) bond motifs is 1. The first kappa shape index (κ1) is 22.7. The second kappa shape index (κ2) is 10.0. The lowest BCUT2D eigenvalue weighted by Gasteiger charge is -2.27. The van der Waals surface area contributed by atoms with Gasteiger partial charge in [0.05, 0.1) is 18.9 Å². The zero-order chi connectivity index (χ0) is 24.2. The van der Waals surface area contributed by atoms with E-state index in [1.807, 2.05) is 24.3 Å². The third kappa shape index (κ3) is 4.89. The Morgan fingerprint density at radius 2 is 1.91 bits per heavy atom. The van der Waals surface area contributed by atoms with Crippen LogP contribution in [0.4, 0.5) is 5.82 Å². The predicted octanol–water partition coefficient (Wildman–Crippen LogP) is 5.59. The minimum absolute atomic E-state index is 0.0806. The Morgan fingerprint density at radius 1 is 1.06 bits per heavy atom. The van der Waals surface area contributed by atoms with Crippen molar-refractivity contribution in [1.29, 1.82) is 0 Å². The van der Waals surface area contributed by atoms with Crippen molar-refractivity contribution in [2.45, 2.75) is 31.8 Å². The molecule has 5 rings (SSSR count). The summed E-state index contributed by atoms with van der Waals surface area (Å²) in [6.45, 7) is 0.662. The molecule has 178 valence electrons. The molecule has 1 fully saturated rings. The highest BCUT2D eigenvalue weighted by molar-refractivity contribution is 5.92. The smallest absolute Gasteiger partial charge is 0.339 e. The summed E-state index contributed by atoms with van der Waals surface area (Å²) >= 11 is 0. The van der Waals surface area contributed by atoms with Crippen LogP contribution < -0.4 is 14.8 Å². The summed E-state index contributed by atoms with van der Waals surface area (Å²) in [7, 11) is 1.69. The fraction of sp³-hybridized carbons (Fsp3) is 0.250. The van der Waals surface area contributed by atoms with Gasteiger partial charge in [0.25, 0.3) is 0 Å². The van der Waals surface area contributed by atoms with E-state index in [1.165, 1.54) is 17.1 Å². The van der Waals surface area contributed by atoms with Gasteiger partial charge in [-0.05, 0) is 54.7 Å². The van der Waals surface area contributed by atoms with Crippen LogP contribution in [0.25, 0.3) is 22.0 Å². The van der Waals surface area contributed by atoms with Crippen molar-refractivity contribution in [2.24, 2.45) is 0 Å². The van der Waals surface area contributed by atoms with Crippen molar-refractivity contribution in [1.82, 2.24) is 9.97 Å². The van der Waals surface area contributed by atoms with Gasteiger partial charge in [0.1, 0.15) is 29.2 Å². The minimum Gasteiger partial charge on any atom is -0.496 e. The molecule has 0 amide bonds. The number of anilines is 1. The predicted molar refractivity (Wildman–Crippen MR) is 135 cm³/mol. The molecule has 0 aliphatic heterocycles. The molecule has 0 radical (unpaired) electrons. The summed E-state index contributed by atoms with van der Waals surface area (Å²) in [5, 5.41) is 15.3. The van der Waals surface area contributed by atoms with Gasteiger partial charge in [-0.2, -0.15) is 0 Å². The number of carbonyl (C=O) groups is 1. The number of aromatic carboxylic acids is 1. The number of hydrogen-bond acceptors (Lipinski definition) is 6. The van der Waals surface area contributed by atoms with Crippen LogP contribution in [0.1, 0.15) is 35.2 Å². The minimum atomic E-state index is -1.00. The van der Waals surface area contributed by atoms with E-state index in [-0.39, 0.29) is 11.7 Å². The molecule has 7 nitrogen and oxygen atoms in total. The molecule has 7 heteroatoms. The molecule has 1 aromatic heterocycles. The van der Waals surface area contributed by atoms with Crippen LogP contribution in [0, 0.1) is 0 Å². The largest absolute Gasteiger partial charge is 0.496 e. The van der Waals surface area contributed by atoms with Crippen LogP contribution >= 0.6 is 0 Å². The normalized spacial score (nSPS) is 13.3. The second-order valence-electron chi connectivity index (χ2n) is 8.62. The number of carboxylic acid groups (broad SMARTS) is 1. The molecule has 1 saturated carbocycles. The van der Waals surface area contributed by atoms with Gasteiger partial charge in [-0.3, -0.25) is 0 Å². The summed E-state index contributed by atoms with van der Waals surface area (Å²) in [4.78, 5) is 20.4. The van der Waals surface area contributed by atoms with Crippen LogP contribution in [0.3, 0.4) is 0 Å². The molecule has 0 atom stereocenters. The SMILES string of the molecule is COc1ccc2ccccc2c1CCNc1cc(-c2ccc(C(=O)O)c(OC3CCC3)c2)ncn1. The van der Waals surface area contributed by atoms with Gasteiger partial charge >= 0.3 is 5.97 Å². The third-order valence-electron chi connectivity index (χ3n) is 6.42. The Morgan fingerprint density at radius 3 is 2.69 bits per heavy atom. The first-order valence-corrected chi connectivity index (χ1v) is 11.8. The van der Waals surface area contributed by atoms with Crippen molar-refractivity contribution in [3.63, 3.8) is 0 Å². The van der Waals surface area contributed by atoms with E-state index in [0.717, 1.165) is 42.6 Å². The Balaban J connectivity index is 1.33. The fourth-order valence-corrected chi connectivity index (χ4v) is 4.32. The van der Waals surface area contributed by atoms with E-state index in [2.05, 4.69) is 33.5 Å². The van der Waals surface area contributed by atoms with Crippen LogP contribution in [0.15, 0.2) is 67.0 Å². The van der Waals surface area contributed by atoms with Gasteiger partial charge < -0.3 is 19.9 Å². The molecule has 1 aliphatic rings. The van der Waals surface area contributed by atoms with Gasteiger partial charge in [0.15, 0.2) is 0 Å². The van der Waals surface area contributed by atoms with Gasteiger partial charge in [0, 0.05) is 23.7 Å². The number of benzene rings is 3. The van der Waals surface area contributed by atoms with Crippen molar-refractivity contribution in [3.8, 4) is 22.8 Å². The lowest BCUT2D eigenvalue weighted by Crippen LogP contribution is -2.25. The lowest BCUT2D eigenvalue weighted by molar-refractivity contribution is 0.0680. The number of ether oxygens (including phenoxy) is 2. The van der Waals surface area contributed by atoms with Gasteiger partial charge in [-0.25, -0.2) is 14.8 Å². The van der Waals surface area contributed by atoms with E-state index in [4.69, 9.17) is 9.47 Å². The fourth-order valence-electron chi connectivity index (χ4n) is 4.32. The average Bonchev–Trinajstić information content (AvgIpc) is 2.86. The third-order valence-corrected chi connectivity index (χ3v) is 6.42. The zero-order valence-corrected chi connectivity index (χ0v) is 19.5. The Labute approximate surface area is 203 Å². The summed E-state index contributed by atoms with van der Waals surface area (Å²) in [6.07, 6.45) is 5.36. The van der Waals surface area contributed by atoms with Crippen LogP contribution in [-0.2, 0) is 6.42 Å². The number of carboxylic acids is 1. The average molecular weight is 470 g/mol. The van der Waals surface area contributed by atoms with Crippen molar-refractivity contribution in [3.05, 3.63) is 78.1 Å². The van der Waals surface area contributed by atoms with E-state index in [9.17, 15) is 9.90 Å². The Hall–Kier alpha value is -4.13. The summed E-state index contributed by atoms with van der Waals surface area (Å²) in [6, 6.07) is 19.3. The number of methoxy groups -OCH3 is 1. The second-order valence-corrected chi connectivity index (χ2v) is 8.62. The number of nitrogens with zero attached hydrogens (tertiary/aromatic N) is 2. The topological polar surface area (TPSA) is 93.6 Å². The number of rotatable bonds is 9. The molecule has 0 saturated heterocycles. The Bertz CT molecular complexity index is 1370. The molecule has 0 spiro atoms. The molecule has 0 bridgehead atoms. The number of aromatic nitrogens is 2. The van der Waals surface area contributed by atoms with E-state index < -0.39 is 5.97 Å². The first-order chi connectivity index (χ1) is 17.1. The molecular weight excluding hydrogens is 442 g/mol. The maximum atomic E-state index is 11.6. The standard InChI is InChI=1S/C28H27N3O4/c1-34-25-12-10-18-5-2-3-8-21(18)22(25)13-14-29-27-16-24(30-17-31-27)19-9-11-23(28(32)33)26(15-19)35-20-6-4-7-20/h2-3,5,8-12,15-17,20H,4,6-7,13-14H2,1H3,(H,32,33)(H,29,30,31). The molecule has 4 aromatic rings. The highest BCUT2D eigenvalue weighted by Crippen LogP contribution is 2.32. The maximum absolute atomic E-state index is 11.6. The molecular formula is C28H27N3O4. The van der Waals surface area contributed by atoms with Gasteiger partial charge in [-0.1, -0.05) is 36.4 Å². The van der Waals surface area contributed by atoms with Crippen LogP contribution in [0.2, 0.25) is 0 Å². The summed E-state index contributed by atoms with van der Waals surface area (Å²) in [5.41, 5.74) is 2.79. The summed E-state index contributed by atoms with van der Waals surface area (Å²) in [5.74, 6) is 0.944. The Kier molecular flexibility index (Phi) is 6.48. The monoisotopic (exact) mass is 469 g/mol.